The van der Waals surface area contributed by atoms with Crippen molar-refractivity contribution in [2.75, 3.05) is 5.32 Å². The largest absolute Gasteiger partial charge is 0.512 e. The number of amides is 2. The van der Waals surface area contributed by atoms with Crippen molar-refractivity contribution in [1.29, 1.82) is 0 Å². The number of hydrogen-bond donors (Lipinski definition) is 3. The average Bonchev–Trinajstić information content (AvgIpc) is 2.56. The van der Waals surface area contributed by atoms with Crippen LogP contribution in [0, 0.1) is 6.92 Å². The first-order valence-corrected chi connectivity index (χ1v) is 9.57. The zero-order valence-electron chi connectivity index (χ0n) is 14.5. The third kappa shape index (κ3) is 5.32. The second kappa shape index (κ2) is 8.24. The number of sulfonamides is 1. The van der Waals surface area contributed by atoms with E-state index in [-0.39, 0.29) is 4.90 Å². The molecule has 0 spiro atoms. The molecule has 0 aliphatic rings. The molecule has 2 aromatic carbocycles. The van der Waals surface area contributed by atoms with E-state index < -0.39 is 33.2 Å². The van der Waals surface area contributed by atoms with Gasteiger partial charge in [-0.2, -0.15) is 0 Å². The summed E-state index contributed by atoms with van der Waals surface area (Å²) >= 11 is 5.76. The average molecular weight is 409 g/mol. The molecule has 2 amide bonds. The van der Waals surface area contributed by atoms with Crippen LogP contribution in [0.4, 0.5) is 5.69 Å². The van der Waals surface area contributed by atoms with E-state index in [0.717, 1.165) is 12.5 Å². The molecular weight excluding hydrogens is 392 g/mol. The third-order valence-corrected chi connectivity index (χ3v) is 5.08. The van der Waals surface area contributed by atoms with Crippen molar-refractivity contribution >= 4 is 39.1 Å². The first kappa shape index (κ1) is 20.5. The third-order valence-electron chi connectivity index (χ3n) is 3.48. The summed E-state index contributed by atoms with van der Waals surface area (Å²) in [7, 11) is -4.21. The Morgan fingerprint density at radius 2 is 1.52 bits per heavy atom. The maximum Gasteiger partial charge on any atom is 0.274 e. The highest BCUT2D eigenvalue weighted by Crippen LogP contribution is 2.16. The van der Waals surface area contributed by atoms with Crippen LogP contribution in [0.1, 0.15) is 12.5 Å². The molecule has 27 heavy (non-hydrogen) atoms. The van der Waals surface area contributed by atoms with Crippen molar-refractivity contribution in [3.05, 3.63) is 70.4 Å². The Labute approximate surface area is 161 Å². The number of allylic oxidation sites excluding steroid dienone is 1. The second-order valence-corrected chi connectivity index (χ2v) is 7.79. The van der Waals surface area contributed by atoms with Crippen LogP contribution in [0.15, 0.2) is 64.8 Å². The summed E-state index contributed by atoms with van der Waals surface area (Å²) in [5.74, 6) is -2.84. The molecule has 2 aromatic rings. The Hall–Kier alpha value is -2.84. The van der Waals surface area contributed by atoms with Crippen LogP contribution in [0.5, 0.6) is 0 Å². The highest BCUT2D eigenvalue weighted by molar-refractivity contribution is 7.90. The maximum atomic E-state index is 12.3. The van der Waals surface area contributed by atoms with Crippen molar-refractivity contribution < 1.29 is 23.1 Å². The minimum atomic E-state index is -4.21. The summed E-state index contributed by atoms with van der Waals surface area (Å²) in [6.07, 6.45) is 0. The minimum absolute atomic E-state index is 0.144. The molecule has 0 heterocycles. The summed E-state index contributed by atoms with van der Waals surface area (Å²) in [4.78, 5) is 24.5. The van der Waals surface area contributed by atoms with Gasteiger partial charge in [-0.05, 0) is 50.2 Å². The lowest BCUT2D eigenvalue weighted by molar-refractivity contribution is -0.120. The molecule has 0 radical (unpaired) electrons. The number of carbonyl (C=O) groups is 2. The van der Waals surface area contributed by atoms with Crippen LogP contribution in [0.3, 0.4) is 0 Å². The number of carbonyl (C=O) groups excluding carboxylic acids is 2. The Kier molecular flexibility index (Phi) is 6.24. The maximum absolute atomic E-state index is 12.3. The van der Waals surface area contributed by atoms with Gasteiger partial charge >= 0.3 is 0 Å². The smallest absolute Gasteiger partial charge is 0.274 e. The quantitative estimate of drug-likeness (QED) is 0.305. The lowest BCUT2D eigenvalue weighted by Crippen LogP contribution is -2.36. The Morgan fingerprint density at radius 3 is 2.04 bits per heavy atom. The molecule has 0 atom stereocenters. The lowest BCUT2D eigenvalue weighted by atomic mass is 10.2. The van der Waals surface area contributed by atoms with Gasteiger partial charge in [0.2, 0.25) is 0 Å². The highest BCUT2D eigenvalue weighted by Gasteiger charge is 2.26. The normalized spacial score (nSPS) is 12.1. The fraction of sp³-hybridized carbons (Fsp3) is 0.111. The van der Waals surface area contributed by atoms with Crippen LogP contribution in [-0.4, -0.2) is 25.3 Å². The Morgan fingerprint density at radius 1 is 0.963 bits per heavy atom. The van der Waals surface area contributed by atoms with Gasteiger partial charge in [0.1, 0.15) is 11.3 Å². The van der Waals surface area contributed by atoms with Gasteiger partial charge in [-0.25, -0.2) is 13.1 Å². The highest BCUT2D eigenvalue weighted by atomic mass is 35.5. The summed E-state index contributed by atoms with van der Waals surface area (Å²) in [6.45, 7) is 2.89. The number of nitrogens with one attached hydrogen (secondary N) is 2. The van der Waals surface area contributed by atoms with Crippen LogP contribution in [-0.2, 0) is 19.6 Å². The molecule has 0 aliphatic carbocycles. The number of aliphatic hydroxyl groups excluding tert-OH is 1. The van der Waals surface area contributed by atoms with Crippen LogP contribution < -0.4 is 10.0 Å². The topological polar surface area (TPSA) is 113 Å². The number of aliphatic hydroxyl groups is 1. The molecule has 0 saturated heterocycles. The van der Waals surface area contributed by atoms with E-state index in [1.807, 2.05) is 0 Å². The molecule has 9 heteroatoms. The van der Waals surface area contributed by atoms with Gasteiger partial charge < -0.3 is 10.4 Å². The summed E-state index contributed by atoms with van der Waals surface area (Å²) < 4.78 is 26.4. The molecular formula is C18H17ClN2O5S. The van der Waals surface area contributed by atoms with Gasteiger partial charge in [-0.15, -0.1) is 0 Å². The number of aryl methyl sites for hydroxylation is 1. The van der Waals surface area contributed by atoms with Crippen molar-refractivity contribution in [3.63, 3.8) is 0 Å². The summed E-state index contributed by atoms with van der Waals surface area (Å²) in [6, 6.07) is 11.8. The van der Waals surface area contributed by atoms with E-state index in [0.29, 0.717) is 10.7 Å². The molecule has 142 valence electrons. The van der Waals surface area contributed by atoms with Crippen LogP contribution in [0.25, 0.3) is 0 Å². The first-order chi connectivity index (χ1) is 12.6. The second-order valence-electron chi connectivity index (χ2n) is 5.67. The number of halogens is 1. The van der Waals surface area contributed by atoms with Crippen molar-refractivity contribution in [2.45, 2.75) is 18.7 Å². The van der Waals surface area contributed by atoms with E-state index in [1.54, 1.807) is 23.8 Å². The van der Waals surface area contributed by atoms with Gasteiger partial charge in [0, 0.05) is 10.7 Å². The Balaban J connectivity index is 2.22. The van der Waals surface area contributed by atoms with E-state index >= 15 is 0 Å². The van der Waals surface area contributed by atoms with Crippen LogP contribution in [0.2, 0.25) is 5.02 Å². The summed E-state index contributed by atoms with van der Waals surface area (Å²) in [5.41, 5.74) is 0.437. The van der Waals surface area contributed by atoms with Gasteiger partial charge in [0.25, 0.3) is 21.8 Å². The minimum Gasteiger partial charge on any atom is -0.512 e. The fourth-order valence-corrected chi connectivity index (χ4v) is 3.19. The van der Waals surface area contributed by atoms with Crippen molar-refractivity contribution in [3.8, 4) is 0 Å². The van der Waals surface area contributed by atoms with Crippen molar-refractivity contribution in [2.24, 2.45) is 0 Å². The van der Waals surface area contributed by atoms with Gasteiger partial charge in [0.05, 0.1) is 4.90 Å². The fourth-order valence-electron chi connectivity index (χ4n) is 2.11. The number of rotatable bonds is 5. The van der Waals surface area contributed by atoms with Crippen molar-refractivity contribution in [1.82, 2.24) is 4.72 Å². The molecule has 0 saturated carbocycles. The molecule has 2 rings (SSSR count). The lowest BCUT2D eigenvalue weighted by Gasteiger charge is -2.11. The SMILES string of the molecule is C/C(O)=C(\C(=O)Nc1ccc(Cl)cc1)C(=O)NS(=O)(=O)c1ccc(C)cc1. The molecule has 0 bridgehead atoms. The number of anilines is 1. The number of hydrogen-bond acceptors (Lipinski definition) is 5. The first-order valence-electron chi connectivity index (χ1n) is 7.71. The molecule has 7 nitrogen and oxygen atoms in total. The standard InChI is InChI=1S/C18H17ClN2O5S/c1-11-3-9-15(10-4-11)27(25,26)21-18(24)16(12(2)22)17(23)20-14-7-5-13(19)6-8-14/h3-10,22H,1-2H3,(H,20,23)(H,21,24)/b16-12-. The Bertz CT molecular complexity index is 993. The molecule has 0 aliphatic heterocycles. The van der Waals surface area contributed by atoms with E-state index in [4.69, 9.17) is 11.6 Å². The number of benzene rings is 2. The monoisotopic (exact) mass is 408 g/mol. The predicted molar refractivity (Wildman–Crippen MR) is 102 cm³/mol. The molecule has 0 fully saturated rings. The summed E-state index contributed by atoms with van der Waals surface area (Å²) in [5, 5.41) is 12.6. The van der Waals surface area contributed by atoms with Crippen LogP contribution >= 0.6 is 11.6 Å². The zero-order valence-corrected chi connectivity index (χ0v) is 16.1. The predicted octanol–water partition coefficient (Wildman–Crippen LogP) is 2.92. The molecule has 0 aromatic heterocycles. The zero-order chi connectivity index (χ0) is 20.2. The van der Waals surface area contributed by atoms with Gasteiger partial charge in [0.15, 0.2) is 0 Å². The van der Waals surface area contributed by atoms with Gasteiger partial charge in [-0.1, -0.05) is 29.3 Å². The van der Waals surface area contributed by atoms with E-state index in [2.05, 4.69) is 5.32 Å². The van der Waals surface area contributed by atoms with Gasteiger partial charge in [-0.3, -0.25) is 9.59 Å². The van der Waals surface area contributed by atoms with E-state index in [1.165, 1.54) is 36.4 Å². The van der Waals surface area contributed by atoms with E-state index in [9.17, 15) is 23.1 Å². The molecule has 3 N–H and O–H groups in total. The molecule has 0 unspecified atom stereocenters.